The SMILES string of the molecule is COc1ccc(N(CC(=O)NC2CCCc3ccccc32)S(=O)(=O)c2ccc(C)c([N+](=O)[O-])c2)cc1. The Hall–Kier alpha value is -3.92. The summed E-state index contributed by atoms with van der Waals surface area (Å²) >= 11 is 0. The summed E-state index contributed by atoms with van der Waals surface area (Å²) in [7, 11) is -2.83. The molecular formula is C26H27N3O6S. The van der Waals surface area contributed by atoms with Gasteiger partial charge < -0.3 is 10.1 Å². The number of nitro benzene ring substituents is 1. The van der Waals surface area contributed by atoms with Crippen LogP contribution in [0.3, 0.4) is 0 Å². The van der Waals surface area contributed by atoms with Gasteiger partial charge in [-0.05, 0) is 67.6 Å². The number of aryl methyl sites for hydroxylation is 2. The second-order valence-electron chi connectivity index (χ2n) is 8.63. The number of nitrogens with one attached hydrogen (secondary N) is 1. The fourth-order valence-electron chi connectivity index (χ4n) is 4.41. The van der Waals surface area contributed by atoms with E-state index < -0.39 is 27.4 Å². The number of sulfonamides is 1. The molecule has 0 fully saturated rings. The third-order valence-electron chi connectivity index (χ3n) is 6.32. The Balaban J connectivity index is 1.67. The van der Waals surface area contributed by atoms with E-state index in [0.29, 0.717) is 11.3 Å². The monoisotopic (exact) mass is 509 g/mol. The maximum Gasteiger partial charge on any atom is 0.273 e. The lowest BCUT2D eigenvalue weighted by Crippen LogP contribution is -2.42. The number of methoxy groups -OCH3 is 1. The number of carbonyl (C=O) groups excluding carboxylic acids is 1. The van der Waals surface area contributed by atoms with Crippen molar-refractivity contribution < 1.29 is 22.9 Å². The highest BCUT2D eigenvalue weighted by Gasteiger charge is 2.30. The van der Waals surface area contributed by atoms with Gasteiger partial charge in [0.25, 0.3) is 15.7 Å². The third kappa shape index (κ3) is 5.18. The molecule has 0 aliphatic heterocycles. The highest BCUT2D eigenvalue weighted by atomic mass is 32.2. The van der Waals surface area contributed by atoms with Crippen molar-refractivity contribution in [3.63, 3.8) is 0 Å². The maximum absolute atomic E-state index is 13.7. The molecule has 9 nitrogen and oxygen atoms in total. The predicted octanol–water partition coefficient (Wildman–Crippen LogP) is 4.30. The number of ether oxygens (including phenoxy) is 1. The summed E-state index contributed by atoms with van der Waals surface area (Å²) in [4.78, 5) is 23.7. The topological polar surface area (TPSA) is 119 Å². The number of anilines is 1. The summed E-state index contributed by atoms with van der Waals surface area (Å²) in [6.45, 7) is 1.04. The van der Waals surface area contributed by atoms with Crippen LogP contribution in [0.15, 0.2) is 71.6 Å². The van der Waals surface area contributed by atoms with Crippen molar-refractivity contribution in [2.24, 2.45) is 0 Å². The number of nitro groups is 1. The molecule has 0 saturated carbocycles. The Kier molecular flexibility index (Phi) is 7.25. The molecule has 1 unspecified atom stereocenters. The molecule has 0 spiro atoms. The molecule has 1 N–H and O–H groups in total. The molecule has 4 rings (SSSR count). The molecule has 188 valence electrons. The zero-order valence-corrected chi connectivity index (χ0v) is 20.8. The van der Waals surface area contributed by atoms with Crippen LogP contribution < -0.4 is 14.4 Å². The Morgan fingerprint density at radius 2 is 1.86 bits per heavy atom. The van der Waals surface area contributed by atoms with Crippen LogP contribution in [0.1, 0.15) is 35.6 Å². The van der Waals surface area contributed by atoms with Gasteiger partial charge in [-0.2, -0.15) is 0 Å². The Morgan fingerprint density at radius 3 is 2.56 bits per heavy atom. The number of amides is 1. The van der Waals surface area contributed by atoms with Crippen LogP contribution in [-0.2, 0) is 21.2 Å². The van der Waals surface area contributed by atoms with Gasteiger partial charge in [-0.15, -0.1) is 0 Å². The molecule has 0 bridgehead atoms. The van der Waals surface area contributed by atoms with E-state index in [1.165, 1.54) is 43.9 Å². The highest BCUT2D eigenvalue weighted by Crippen LogP contribution is 2.31. The molecule has 3 aromatic carbocycles. The molecule has 36 heavy (non-hydrogen) atoms. The minimum absolute atomic E-state index is 0.219. The number of rotatable bonds is 8. The van der Waals surface area contributed by atoms with Gasteiger partial charge in [-0.25, -0.2) is 8.42 Å². The molecule has 0 aromatic heterocycles. The van der Waals surface area contributed by atoms with Gasteiger partial charge >= 0.3 is 0 Å². The van der Waals surface area contributed by atoms with Crippen molar-refractivity contribution >= 4 is 27.3 Å². The van der Waals surface area contributed by atoms with E-state index in [2.05, 4.69) is 5.32 Å². The smallest absolute Gasteiger partial charge is 0.273 e. The number of benzene rings is 3. The molecule has 0 saturated heterocycles. The van der Waals surface area contributed by atoms with Crippen LogP contribution in [0.5, 0.6) is 5.75 Å². The number of hydrogen-bond acceptors (Lipinski definition) is 6. The molecule has 1 aliphatic rings. The van der Waals surface area contributed by atoms with Gasteiger partial charge in [0.15, 0.2) is 0 Å². The van der Waals surface area contributed by atoms with Crippen LogP contribution >= 0.6 is 0 Å². The van der Waals surface area contributed by atoms with Gasteiger partial charge in [0, 0.05) is 11.6 Å². The van der Waals surface area contributed by atoms with Gasteiger partial charge in [0.05, 0.1) is 28.7 Å². The summed E-state index contributed by atoms with van der Waals surface area (Å²) in [6, 6.07) is 17.6. The largest absolute Gasteiger partial charge is 0.497 e. The molecule has 1 atom stereocenters. The van der Waals surface area contributed by atoms with Gasteiger partial charge in [-0.3, -0.25) is 19.2 Å². The second-order valence-corrected chi connectivity index (χ2v) is 10.5. The summed E-state index contributed by atoms with van der Waals surface area (Å²) in [6.07, 6.45) is 2.60. The fourth-order valence-corrected chi connectivity index (χ4v) is 5.85. The first-order valence-electron chi connectivity index (χ1n) is 11.5. The number of hydrogen-bond donors (Lipinski definition) is 1. The highest BCUT2D eigenvalue weighted by molar-refractivity contribution is 7.92. The lowest BCUT2D eigenvalue weighted by molar-refractivity contribution is -0.385. The molecule has 3 aromatic rings. The molecule has 0 heterocycles. The lowest BCUT2D eigenvalue weighted by Gasteiger charge is -2.28. The van der Waals surface area contributed by atoms with Crippen molar-refractivity contribution in [2.75, 3.05) is 18.0 Å². The first-order valence-corrected chi connectivity index (χ1v) is 12.9. The summed E-state index contributed by atoms with van der Waals surface area (Å²) < 4.78 is 33.5. The molecule has 1 amide bonds. The van der Waals surface area contributed by atoms with Crippen molar-refractivity contribution in [3.05, 3.63) is 93.5 Å². The van der Waals surface area contributed by atoms with Crippen LogP contribution in [0.2, 0.25) is 0 Å². The van der Waals surface area contributed by atoms with Gasteiger partial charge in [-0.1, -0.05) is 30.3 Å². The molecule has 10 heteroatoms. The fraction of sp³-hybridized carbons (Fsp3) is 0.269. The average molecular weight is 510 g/mol. The van der Waals surface area contributed by atoms with Crippen molar-refractivity contribution in [1.29, 1.82) is 0 Å². The number of nitrogens with zero attached hydrogens (tertiary/aromatic N) is 2. The number of carbonyl (C=O) groups is 1. The first-order chi connectivity index (χ1) is 17.2. The van der Waals surface area contributed by atoms with E-state index in [0.717, 1.165) is 35.2 Å². The van der Waals surface area contributed by atoms with Gasteiger partial charge in [0.2, 0.25) is 5.91 Å². The zero-order valence-electron chi connectivity index (χ0n) is 20.0. The summed E-state index contributed by atoms with van der Waals surface area (Å²) in [5.41, 5.74) is 2.46. The third-order valence-corrected chi connectivity index (χ3v) is 8.09. The van der Waals surface area contributed by atoms with Crippen LogP contribution in [0.4, 0.5) is 11.4 Å². The van der Waals surface area contributed by atoms with E-state index in [1.807, 2.05) is 24.3 Å². The normalized spacial score (nSPS) is 15.0. The van der Waals surface area contributed by atoms with E-state index >= 15 is 0 Å². The Labute approximate surface area is 209 Å². The Morgan fingerprint density at radius 1 is 1.14 bits per heavy atom. The zero-order chi connectivity index (χ0) is 25.9. The van der Waals surface area contributed by atoms with Gasteiger partial charge in [0.1, 0.15) is 12.3 Å². The molecular weight excluding hydrogens is 482 g/mol. The summed E-state index contributed by atoms with van der Waals surface area (Å²) in [5, 5.41) is 14.4. The van der Waals surface area contributed by atoms with Crippen LogP contribution in [-0.4, -0.2) is 32.9 Å². The maximum atomic E-state index is 13.7. The summed E-state index contributed by atoms with van der Waals surface area (Å²) in [5.74, 6) is 0.0445. The van der Waals surface area contributed by atoms with Crippen molar-refractivity contribution in [1.82, 2.24) is 5.32 Å². The van der Waals surface area contributed by atoms with E-state index in [-0.39, 0.29) is 22.3 Å². The number of fused-ring (bicyclic) bond motifs is 1. The van der Waals surface area contributed by atoms with Crippen molar-refractivity contribution in [3.8, 4) is 5.75 Å². The average Bonchev–Trinajstić information content (AvgIpc) is 2.87. The predicted molar refractivity (Wildman–Crippen MR) is 136 cm³/mol. The Bertz CT molecular complexity index is 1390. The second kappa shape index (κ2) is 10.4. The standard InChI is InChI=1S/C26H27N3O6S/c1-18-10-15-22(16-25(18)29(31)32)36(33,34)28(20-11-13-21(35-2)14-12-20)17-26(30)27-24-9-5-7-19-6-3-4-8-23(19)24/h3-4,6,8,10-16,24H,5,7,9,17H2,1-2H3,(H,27,30). The van der Waals surface area contributed by atoms with E-state index in [9.17, 15) is 23.3 Å². The van der Waals surface area contributed by atoms with Crippen molar-refractivity contribution in [2.45, 2.75) is 37.1 Å². The minimum Gasteiger partial charge on any atom is -0.497 e. The van der Waals surface area contributed by atoms with Crippen LogP contribution in [0, 0.1) is 17.0 Å². The van der Waals surface area contributed by atoms with Crippen LogP contribution in [0.25, 0.3) is 0 Å². The molecule has 1 aliphatic carbocycles. The first kappa shape index (κ1) is 25.2. The quantitative estimate of drug-likeness (QED) is 0.357. The molecule has 0 radical (unpaired) electrons. The van der Waals surface area contributed by atoms with E-state index in [1.54, 1.807) is 12.1 Å². The minimum atomic E-state index is -4.32. The lowest BCUT2D eigenvalue weighted by atomic mass is 9.88. The van der Waals surface area contributed by atoms with E-state index in [4.69, 9.17) is 4.74 Å².